The van der Waals surface area contributed by atoms with Gasteiger partial charge in [-0.05, 0) is 61.0 Å². The highest BCUT2D eigenvalue weighted by Gasteiger charge is 2.31. The molecule has 0 bridgehead atoms. The van der Waals surface area contributed by atoms with Crippen LogP contribution in [-0.2, 0) is 6.18 Å². The number of aromatic nitrogens is 3. The molecule has 10 heteroatoms. The molecule has 0 aliphatic heterocycles. The number of anilines is 3. The van der Waals surface area contributed by atoms with Crippen molar-refractivity contribution in [3.63, 3.8) is 0 Å². The van der Waals surface area contributed by atoms with E-state index >= 15 is 0 Å². The van der Waals surface area contributed by atoms with Crippen molar-refractivity contribution in [3.8, 4) is 11.3 Å². The van der Waals surface area contributed by atoms with E-state index in [1.807, 2.05) is 13.0 Å². The van der Waals surface area contributed by atoms with E-state index < -0.39 is 17.6 Å². The SMILES string of the molecule is Cc1ccc(C(=O)Nc2cc(Br)cc(C(F)(F)F)c2)cc1Nc1nccc(-c2cccnc2)n1. The van der Waals surface area contributed by atoms with Crippen LogP contribution in [0, 0.1) is 6.92 Å². The Labute approximate surface area is 201 Å². The van der Waals surface area contributed by atoms with Crippen molar-refractivity contribution in [2.45, 2.75) is 13.1 Å². The van der Waals surface area contributed by atoms with Crippen molar-refractivity contribution in [1.82, 2.24) is 15.0 Å². The maximum Gasteiger partial charge on any atom is 0.416 e. The molecule has 2 aromatic carbocycles. The number of nitrogens with zero attached hydrogens (tertiary/aromatic N) is 3. The largest absolute Gasteiger partial charge is 0.416 e. The monoisotopic (exact) mass is 527 g/mol. The number of hydrogen-bond donors (Lipinski definition) is 2. The van der Waals surface area contributed by atoms with Crippen molar-refractivity contribution in [1.29, 1.82) is 0 Å². The van der Waals surface area contributed by atoms with Crippen LogP contribution < -0.4 is 10.6 Å². The summed E-state index contributed by atoms with van der Waals surface area (Å²) in [6, 6.07) is 13.6. The Kier molecular flexibility index (Phi) is 6.60. The molecule has 0 fully saturated rings. The van der Waals surface area contributed by atoms with Crippen molar-refractivity contribution in [2.24, 2.45) is 0 Å². The number of nitrogens with one attached hydrogen (secondary N) is 2. The lowest BCUT2D eigenvalue weighted by Gasteiger charge is -2.13. The van der Waals surface area contributed by atoms with Crippen molar-refractivity contribution < 1.29 is 18.0 Å². The summed E-state index contributed by atoms with van der Waals surface area (Å²) >= 11 is 3.05. The zero-order chi connectivity index (χ0) is 24.3. The number of carbonyl (C=O) groups excluding carboxylic acids is 1. The van der Waals surface area contributed by atoms with E-state index in [0.717, 1.165) is 23.3 Å². The quantitative estimate of drug-likeness (QED) is 0.304. The van der Waals surface area contributed by atoms with Crippen molar-refractivity contribution in [3.05, 3.63) is 94.4 Å². The maximum absolute atomic E-state index is 13.1. The van der Waals surface area contributed by atoms with Crippen molar-refractivity contribution in [2.75, 3.05) is 10.6 Å². The standard InChI is InChI=1S/C24H17BrF3N5O/c1-14-4-5-15(22(34)31-19-11-17(24(26,27)28)10-18(25)12-19)9-21(14)33-23-30-8-6-20(32-23)16-3-2-7-29-13-16/h2-13H,1H3,(H,31,34)(H,30,32,33). The number of halogens is 4. The van der Waals surface area contributed by atoms with Gasteiger partial charge in [-0.15, -0.1) is 0 Å². The minimum absolute atomic E-state index is 0.0225. The third-order valence-electron chi connectivity index (χ3n) is 4.84. The van der Waals surface area contributed by atoms with Crippen LogP contribution in [0.25, 0.3) is 11.3 Å². The fourth-order valence-corrected chi connectivity index (χ4v) is 3.63. The van der Waals surface area contributed by atoms with E-state index in [-0.39, 0.29) is 15.7 Å². The van der Waals surface area contributed by atoms with Gasteiger partial charge in [0.05, 0.1) is 11.3 Å². The minimum atomic E-state index is -4.53. The molecule has 0 saturated carbocycles. The zero-order valence-electron chi connectivity index (χ0n) is 17.7. The van der Waals surface area contributed by atoms with Gasteiger partial charge in [-0.25, -0.2) is 9.97 Å². The highest BCUT2D eigenvalue weighted by Crippen LogP contribution is 2.33. The molecular weight excluding hydrogens is 511 g/mol. The molecule has 0 aliphatic carbocycles. The average Bonchev–Trinajstić information content (AvgIpc) is 2.80. The molecule has 0 saturated heterocycles. The first kappa shape index (κ1) is 23.4. The molecule has 0 radical (unpaired) electrons. The first-order valence-electron chi connectivity index (χ1n) is 9.99. The lowest BCUT2D eigenvalue weighted by Crippen LogP contribution is -2.14. The van der Waals surface area contributed by atoms with Gasteiger partial charge in [-0.1, -0.05) is 22.0 Å². The second-order valence-corrected chi connectivity index (χ2v) is 8.26. The highest BCUT2D eigenvalue weighted by molar-refractivity contribution is 9.10. The Balaban J connectivity index is 1.56. The van der Waals surface area contributed by atoms with Crippen molar-refractivity contribution >= 4 is 39.2 Å². The molecule has 6 nitrogen and oxygen atoms in total. The van der Waals surface area contributed by atoms with E-state index in [1.165, 1.54) is 6.07 Å². The van der Waals surface area contributed by atoms with Crippen LogP contribution in [0.2, 0.25) is 0 Å². The summed E-state index contributed by atoms with van der Waals surface area (Å²) in [5.74, 6) is -0.233. The smallest absolute Gasteiger partial charge is 0.324 e. The first-order chi connectivity index (χ1) is 16.2. The van der Waals surface area contributed by atoms with E-state index in [2.05, 4.69) is 41.5 Å². The van der Waals surface area contributed by atoms with Crippen LogP contribution in [0.5, 0.6) is 0 Å². The fourth-order valence-electron chi connectivity index (χ4n) is 3.14. The summed E-state index contributed by atoms with van der Waals surface area (Å²) in [6.07, 6.45) is 0.430. The second kappa shape index (κ2) is 9.60. The molecule has 2 heterocycles. The van der Waals surface area contributed by atoms with Crippen LogP contribution >= 0.6 is 15.9 Å². The molecule has 0 unspecified atom stereocenters. The van der Waals surface area contributed by atoms with Gasteiger partial charge >= 0.3 is 6.18 Å². The number of aryl methyl sites for hydroxylation is 1. The zero-order valence-corrected chi connectivity index (χ0v) is 19.3. The van der Waals surface area contributed by atoms with Crippen LogP contribution in [0.1, 0.15) is 21.5 Å². The Morgan fingerprint density at radius 3 is 2.59 bits per heavy atom. The Bertz CT molecular complexity index is 1350. The number of alkyl halides is 3. The molecule has 4 aromatic rings. The van der Waals surface area contributed by atoms with Gasteiger partial charge in [0.25, 0.3) is 5.91 Å². The number of benzene rings is 2. The number of hydrogen-bond acceptors (Lipinski definition) is 5. The third kappa shape index (κ3) is 5.57. The van der Waals surface area contributed by atoms with E-state index in [1.54, 1.807) is 48.9 Å². The molecule has 4 rings (SSSR count). The van der Waals surface area contributed by atoms with E-state index in [9.17, 15) is 18.0 Å². The highest BCUT2D eigenvalue weighted by atomic mass is 79.9. The molecule has 0 spiro atoms. The third-order valence-corrected chi connectivity index (χ3v) is 5.30. The molecular formula is C24H17BrF3N5O. The Hall–Kier alpha value is -3.79. The topological polar surface area (TPSA) is 79.8 Å². The normalized spacial score (nSPS) is 11.2. The molecule has 1 amide bonds. The summed E-state index contributed by atoms with van der Waals surface area (Å²) in [5, 5.41) is 5.62. The molecule has 34 heavy (non-hydrogen) atoms. The predicted octanol–water partition coefficient (Wildman–Crippen LogP) is 6.62. The van der Waals surface area contributed by atoms with Gasteiger partial charge in [-0.3, -0.25) is 9.78 Å². The number of rotatable bonds is 5. The van der Waals surface area contributed by atoms with E-state index in [4.69, 9.17) is 0 Å². The van der Waals surface area contributed by atoms with Gasteiger partial charge in [0.2, 0.25) is 5.95 Å². The van der Waals surface area contributed by atoms with Gasteiger partial charge in [0.1, 0.15) is 0 Å². The summed E-state index contributed by atoms with van der Waals surface area (Å²) in [4.78, 5) is 25.6. The summed E-state index contributed by atoms with van der Waals surface area (Å²) < 4.78 is 39.5. The second-order valence-electron chi connectivity index (χ2n) is 7.34. The molecule has 0 atom stereocenters. The summed E-state index contributed by atoms with van der Waals surface area (Å²) in [5.41, 5.74) is 2.32. The summed E-state index contributed by atoms with van der Waals surface area (Å²) in [6.45, 7) is 1.85. The van der Waals surface area contributed by atoms with Gasteiger partial charge < -0.3 is 10.6 Å². The van der Waals surface area contributed by atoms with Crippen LogP contribution in [0.4, 0.5) is 30.5 Å². The van der Waals surface area contributed by atoms with Gasteiger partial charge in [-0.2, -0.15) is 13.2 Å². The first-order valence-corrected chi connectivity index (χ1v) is 10.8. The Morgan fingerprint density at radius 2 is 1.85 bits per heavy atom. The molecule has 2 N–H and O–H groups in total. The summed E-state index contributed by atoms with van der Waals surface area (Å²) in [7, 11) is 0. The number of amides is 1. The molecule has 0 aliphatic rings. The van der Waals surface area contributed by atoms with Gasteiger partial charge in [0, 0.05) is 45.6 Å². The molecule has 172 valence electrons. The van der Waals surface area contributed by atoms with E-state index in [0.29, 0.717) is 17.3 Å². The van der Waals surface area contributed by atoms with Crippen LogP contribution in [0.3, 0.4) is 0 Å². The van der Waals surface area contributed by atoms with Crippen LogP contribution in [0.15, 0.2) is 77.7 Å². The van der Waals surface area contributed by atoms with Crippen LogP contribution in [-0.4, -0.2) is 20.9 Å². The Morgan fingerprint density at radius 1 is 1.03 bits per heavy atom. The maximum atomic E-state index is 13.1. The minimum Gasteiger partial charge on any atom is -0.324 e. The number of carbonyl (C=O) groups is 1. The fraction of sp³-hybridized carbons (Fsp3) is 0.0833. The molecule has 2 aromatic heterocycles. The lowest BCUT2D eigenvalue weighted by molar-refractivity contribution is -0.137. The lowest BCUT2D eigenvalue weighted by atomic mass is 10.1. The predicted molar refractivity (Wildman–Crippen MR) is 127 cm³/mol. The average molecular weight is 528 g/mol. The van der Waals surface area contributed by atoms with Gasteiger partial charge in [0.15, 0.2) is 0 Å². The number of pyridine rings is 1.